The number of nitrogens with zero attached hydrogens (tertiary/aromatic N) is 1. The molecule has 1 rings (SSSR count). The van der Waals surface area contributed by atoms with Gasteiger partial charge in [-0.3, -0.25) is 19.2 Å². The van der Waals surface area contributed by atoms with Gasteiger partial charge in [0.2, 0.25) is 0 Å². The number of carboxylic acid groups (broad SMARTS) is 4. The van der Waals surface area contributed by atoms with Crippen LogP contribution in [0.15, 0.2) is 12.5 Å². The lowest BCUT2D eigenvalue weighted by atomic mass is 10.2. The first-order valence-electron chi connectivity index (χ1n) is 7.67. The topological polar surface area (TPSA) is 256 Å². The Labute approximate surface area is 165 Å². The molecular formula is C14H25N5O8S. The lowest BCUT2D eigenvalue weighted by Crippen LogP contribution is -2.32. The number of aromatic nitrogens is 2. The Morgan fingerprint density at radius 3 is 1.75 bits per heavy atom. The molecule has 0 spiro atoms. The summed E-state index contributed by atoms with van der Waals surface area (Å²) in [6.07, 6.45) is 3.11. The molecule has 28 heavy (non-hydrogen) atoms. The van der Waals surface area contributed by atoms with Crippen molar-refractivity contribution in [2.75, 3.05) is 5.75 Å². The molecule has 0 saturated carbocycles. The molecule has 160 valence electrons. The Kier molecular flexibility index (Phi) is 15.1. The molecule has 1 aromatic heterocycles. The molecule has 0 unspecified atom stereocenters. The molecule has 0 aliphatic carbocycles. The van der Waals surface area contributed by atoms with Crippen molar-refractivity contribution in [1.82, 2.24) is 9.97 Å². The standard InChI is InChI=1S/C6H9N3O2.C5H9NO4.C3H7NO2S/c7-5(6(10)11)1-4-2-8-3-9-4;6-3(5(9)10)1-2-4(7)8;4-2(1-7)3(5)6/h2-3,5H,1,7H2,(H,8,9)(H,10,11);3H,1-2,6H2,(H,7,8)(H,9,10);2,7H,1,4H2,(H,5,6)/t5-;3-;2-/m000/s1. The molecule has 1 aromatic rings. The summed E-state index contributed by atoms with van der Waals surface area (Å²) in [5.74, 6) is -4.01. The van der Waals surface area contributed by atoms with Gasteiger partial charge in [-0.15, -0.1) is 0 Å². The van der Waals surface area contributed by atoms with E-state index in [9.17, 15) is 19.2 Å². The van der Waals surface area contributed by atoms with E-state index < -0.39 is 42.0 Å². The van der Waals surface area contributed by atoms with Gasteiger partial charge in [0, 0.05) is 30.5 Å². The third kappa shape index (κ3) is 15.6. The van der Waals surface area contributed by atoms with Crippen molar-refractivity contribution in [3.63, 3.8) is 0 Å². The predicted octanol–water partition coefficient (Wildman–Crippen LogP) is -2.04. The molecule has 0 amide bonds. The van der Waals surface area contributed by atoms with Crippen LogP contribution in [-0.4, -0.2) is 78.1 Å². The molecule has 0 saturated heterocycles. The zero-order valence-corrected chi connectivity index (χ0v) is 15.7. The summed E-state index contributed by atoms with van der Waals surface area (Å²) in [5.41, 5.74) is 15.9. The minimum absolute atomic E-state index is 0.0231. The number of aliphatic carboxylic acids is 4. The Balaban J connectivity index is 0. The Morgan fingerprint density at radius 1 is 0.964 bits per heavy atom. The summed E-state index contributed by atoms with van der Waals surface area (Å²) in [6.45, 7) is 0. The van der Waals surface area contributed by atoms with Crippen molar-refractivity contribution >= 4 is 36.5 Å². The number of thiol groups is 1. The van der Waals surface area contributed by atoms with E-state index >= 15 is 0 Å². The van der Waals surface area contributed by atoms with Crippen molar-refractivity contribution in [3.05, 3.63) is 18.2 Å². The maximum Gasteiger partial charge on any atom is 0.321 e. The lowest BCUT2D eigenvalue weighted by Gasteiger charge is -2.02. The van der Waals surface area contributed by atoms with Gasteiger partial charge in [-0.1, -0.05) is 0 Å². The molecule has 0 bridgehead atoms. The van der Waals surface area contributed by atoms with Crippen LogP contribution >= 0.6 is 12.6 Å². The molecule has 13 nitrogen and oxygen atoms in total. The number of H-pyrrole nitrogens is 1. The lowest BCUT2D eigenvalue weighted by molar-refractivity contribution is -0.140. The molecule has 0 aliphatic heterocycles. The average Bonchev–Trinajstić information content (AvgIpc) is 3.12. The number of rotatable bonds is 9. The molecule has 1 heterocycles. The Bertz CT molecular complexity index is 613. The maximum atomic E-state index is 10.3. The number of hydrogen-bond donors (Lipinski definition) is 9. The summed E-state index contributed by atoms with van der Waals surface area (Å²) in [7, 11) is 0. The minimum atomic E-state index is -1.17. The fourth-order valence-corrected chi connectivity index (χ4v) is 1.36. The van der Waals surface area contributed by atoms with Crippen LogP contribution in [0.25, 0.3) is 0 Å². The summed E-state index contributed by atoms with van der Waals surface area (Å²) >= 11 is 3.65. The van der Waals surface area contributed by atoms with Gasteiger partial charge in [-0.05, 0) is 6.42 Å². The second-order valence-corrected chi connectivity index (χ2v) is 5.60. The third-order valence-electron chi connectivity index (χ3n) is 2.81. The number of nitrogens with one attached hydrogen (secondary N) is 1. The largest absolute Gasteiger partial charge is 0.481 e. The van der Waals surface area contributed by atoms with Crippen molar-refractivity contribution in [3.8, 4) is 0 Å². The van der Waals surface area contributed by atoms with Crippen molar-refractivity contribution in [1.29, 1.82) is 0 Å². The highest BCUT2D eigenvalue weighted by Crippen LogP contribution is 1.95. The number of carboxylic acids is 4. The number of aromatic amines is 1. The van der Waals surface area contributed by atoms with E-state index in [1.807, 2.05) is 0 Å². The van der Waals surface area contributed by atoms with Gasteiger partial charge >= 0.3 is 23.9 Å². The predicted molar refractivity (Wildman–Crippen MR) is 99.8 cm³/mol. The highest BCUT2D eigenvalue weighted by atomic mass is 32.1. The van der Waals surface area contributed by atoms with E-state index in [0.29, 0.717) is 0 Å². The van der Waals surface area contributed by atoms with Crippen LogP contribution in [0.2, 0.25) is 0 Å². The smallest absolute Gasteiger partial charge is 0.321 e. The summed E-state index contributed by atoms with van der Waals surface area (Å²) in [6, 6.07) is -2.73. The van der Waals surface area contributed by atoms with Crippen LogP contribution in [0.5, 0.6) is 0 Å². The minimum Gasteiger partial charge on any atom is -0.481 e. The van der Waals surface area contributed by atoms with Crippen LogP contribution in [0.1, 0.15) is 18.5 Å². The van der Waals surface area contributed by atoms with Crippen LogP contribution in [0.4, 0.5) is 0 Å². The van der Waals surface area contributed by atoms with Crippen LogP contribution in [0.3, 0.4) is 0 Å². The van der Waals surface area contributed by atoms with E-state index in [4.69, 9.17) is 37.6 Å². The van der Waals surface area contributed by atoms with Gasteiger partial charge < -0.3 is 42.6 Å². The monoisotopic (exact) mass is 423 g/mol. The molecule has 0 aliphatic rings. The Morgan fingerprint density at radius 2 is 1.46 bits per heavy atom. The van der Waals surface area contributed by atoms with Crippen molar-refractivity contribution in [2.24, 2.45) is 17.2 Å². The zero-order valence-electron chi connectivity index (χ0n) is 14.8. The first-order chi connectivity index (χ1) is 12.9. The van der Waals surface area contributed by atoms with E-state index in [-0.39, 0.29) is 25.0 Å². The van der Waals surface area contributed by atoms with Gasteiger partial charge in [0.05, 0.1) is 6.33 Å². The summed E-state index contributed by atoms with van der Waals surface area (Å²) in [5, 5.41) is 32.7. The van der Waals surface area contributed by atoms with Crippen molar-refractivity contribution in [2.45, 2.75) is 37.4 Å². The first-order valence-corrected chi connectivity index (χ1v) is 8.30. The normalized spacial score (nSPS) is 12.9. The third-order valence-corrected chi connectivity index (χ3v) is 3.21. The fourth-order valence-electron chi connectivity index (χ4n) is 1.20. The summed E-state index contributed by atoms with van der Waals surface area (Å²) < 4.78 is 0. The molecule has 0 aromatic carbocycles. The number of nitrogens with two attached hydrogens (primary N) is 3. The van der Waals surface area contributed by atoms with E-state index in [1.165, 1.54) is 6.33 Å². The van der Waals surface area contributed by atoms with Gasteiger partial charge in [-0.25, -0.2) is 4.98 Å². The molecular weight excluding hydrogens is 398 g/mol. The second kappa shape index (κ2) is 15.4. The van der Waals surface area contributed by atoms with E-state index in [1.54, 1.807) is 6.20 Å². The van der Waals surface area contributed by atoms with Gasteiger partial charge in [-0.2, -0.15) is 12.6 Å². The van der Waals surface area contributed by atoms with Gasteiger partial charge in [0.1, 0.15) is 18.1 Å². The highest BCUT2D eigenvalue weighted by molar-refractivity contribution is 7.80. The molecule has 11 N–H and O–H groups in total. The number of carbonyl (C=O) groups is 4. The van der Waals surface area contributed by atoms with Crippen LogP contribution < -0.4 is 17.2 Å². The Hall–Kier alpha value is -2.68. The summed E-state index contributed by atoms with van der Waals surface area (Å²) in [4.78, 5) is 46.4. The highest BCUT2D eigenvalue weighted by Gasteiger charge is 2.12. The fraction of sp³-hybridized carbons (Fsp3) is 0.500. The molecule has 0 fully saturated rings. The number of hydrogen-bond acceptors (Lipinski definition) is 9. The van der Waals surface area contributed by atoms with Crippen LogP contribution in [0, 0.1) is 0 Å². The zero-order chi connectivity index (χ0) is 22.3. The van der Waals surface area contributed by atoms with E-state index in [2.05, 4.69) is 22.6 Å². The quantitative estimate of drug-likeness (QED) is 0.194. The average molecular weight is 423 g/mol. The molecule has 3 atom stereocenters. The van der Waals surface area contributed by atoms with E-state index in [0.717, 1.165) is 5.69 Å². The van der Waals surface area contributed by atoms with Crippen molar-refractivity contribution < 1.29 is 39.6 Å². The van der Waals surface area contributed by atoms with Gasteiger partial charge in [0.25, 0.3) is 0 Å². The van der Waals surface area contributed by atoms with Crippen LogP contribution in [-0.2, 0) is 25.6 Å². The second-order valence-electron chi connectivity index (χ2n) is 5.23. The maximum absolute atomic E-state index is 10.3. The molecule has 14 heteroatoms. The molecule has 0 radical (unpaired) electrons. The first kappa shape index (κ1) is 27.5. The van der Waals surface area contributed by atoms with Gasteiger partial charge in [0.15, 0.2) is 0 Å². The number of imidazole rings is 1. The SMILES string of the molecule is N[C@@H](CCC(=O)O)C(=O)O.N[C@@H](CS)C(=O)O.N[C@@H](Cc1cnc[nH]1)C(=O)O.